The summed E-state index contributed by atoms with van der Waals surface area (Å²) in [6.45, 7) is 6.72. The van der Waals surface area contributed by atoms with Gasteiger partial charge in [-0.25, -0.2) is 15.1 Å². The van der Waals surface area contributed by atoms with Crippen LogP contribution < -0.4 is 10.2 Å². The maximum Gasteiger partial charge on any atom is 0.252 e. The normalized spacial score (nSPS) is 11.1. The number of hydrogen-bond donors (Lipinski definition) is 1. The molecule has 2 aromatic heterocycles. The molecule has 0 amide bonds. The first-order chi connectivity index (χ1) is 16.5. The Morgan fingerprint density at radius 2 is 1.94 bits per heavy atom. The summed E-state index contributed by atoms with van der Waals surface area (Å²) >= 11 is 0. The van der Waals surface area contributed by atoms with E-state index < -0.39 is 0 Å². The third-order valence-corrected chi connectivity index (χ3v) is 5.06. The van der Waals surface area contributed by atoms with Gasteiger partial charge in [0, 0.05) is 24.2 Å². The molecule has 0 saturated carbocycles. The van der Waals surface area contributed by atoms with Crippen LogP contribution in [0.4, 0.5) is 5.88 Å². The zero-order valence-electron chi connectivity index (χ0n) is 19.4. The minimum absolute atomic E-state index is 0.155. The van der Waals surface area contributed by atoms with Crippen LogP contribution in [0, 0.1) is 24.2 Å². The first-order valence-electron chi connectivity index (χ1n) is 11.1. The number of anilines is 1. The van der Waals surface area contributed by atoms with Crippen LogP contribution in [0.1, 0.15) is 37.4 Å². The van der Waals surface area contributed by atoms with Gasteiger partial charge in [0.15, 0.2) is 5.89 Å². The molecule has 2 heterocycles. The first-order valence-corrected chi connectivity index (χ1v) is 11.1. The van der Waals surface area contributed by atoms with Crippen LogP contribution in [-0.2, 0) is 0 Å². The molecular formula is C26H26N6O2. The smallest absolute Gasteiger partial charge is 0.252 e. The first kappa shape index (κ1) is 22.8. The maximum absolute atomic E-state index is 9.19. The Bertz CT molecular complexity index is 1300. The Kier molecular flexibility index (Phi) is 7.04. The van der Waals surface area contributed by atoms with E-state index in [9.17, 15) is 5.26 Å². The molecule has 34 heavy (non-hydrogen) atoms. The number of nitrogens with zero attached hydrogens (tertiary/aromatic N) is 5. The monoisotopic (exact) mass is 454 g/mol. The second-order valence-corrected chi connectivity index (χ2v) is 8.16. The van der Waals surface area contributed by atoms with Crippen molar-refractivity contribution in [1.82, 2.24) is 14.8 Å². The van der Waals surface area contributed by atoms with E-state index in [4.69, 9.17) is 14.3 Å². The van der Waals surface area contributed by atoms with Gasteiger partial charge in [0.05, 0.1) is 18.5 Å². The number of oxazole rings is 1. The van der Waals surface area contributed by atoms with E-state index in [-0.39, 0.29) is 11.6 Å². The van der Waals surface area contributed by atoms with Crippen molar-refractivity contribution in [1.29, 1.82) is 5.26 Å². The number of ether oxygens (including phenoxy) is 1. The molecule has 172 valence electrons. The topological polar surface area (TPSA) is 101 Å². The van der Waals surface area contributed by atoms with Crippen LogP contribution in [-0.4, -0.2) is 27.6 Å². The molecule has 4 rings (SSSR count). The SMILES string of the molecule is Cc1nc(C#N)c(NN=Cc2cn(-c3ccccc3)nc2-c2ccc(OCCC(C)C)cc2)o1. The Balaban J connectivity index is 1.60. The number of hydrogen-bond acceptors (Lipinski definition) is 7. The molecular weight excluding hydrogens is 428 g/mol. The lowest BCUT2D eigenvalue weighted by Crippen LogP contribution is -2.01. The molecule has 2 aromatic carbocycles. The number of aromatic nitrogens is 3. The van der Waals surface area contributed by atoms with Gasteiger partial charge < -0.3 is 9.15 Å². The maximum atomic E-state index is 9.19. The quantitative estimate of drug-likeness (QED) is 0.262. The fraction of sp³-hybridized carbons (Fsp3) is 0.231. The molecule has 0 radical (unpaired) electrons. The van der Waals surface area contributed by atoms with Crippen molar-refractivity contribution in [3.8, 4) is 28.8 Å². The lowest BCUT2D eigenvalue weighted by Gasteiger charge is -2.08. The molecule has 0 atom stereocenters. The number of nitriles is 1. The van der Waals surface area contributed by atoms with E-state index in [2.05, 4.69) is 29.4 Å². The van der Waals surface area contributed by atoms with Gasteiger partial charge in [-0.1, -0.05) is 32.0 Å². The standard InChI is InChI=1S/C26H26N6O2/c1-18(2)13-14-33-23-11-9-20(10-12-23)25-21(17-32(31-25)22-7-5-4-6-8-22)16-28-30-26-24(15-27)29-19(3)34-26/h4-12,16-18,30H,13-14H2,1-3H3. The van der Waals surface area contributed by atoms with Gasteiger partial charge in [-0.3, -0.25) is 0 Å². The van der Waals surface area contributed by atoms with Crippen LogP contribution in [0.5, 0.6) is 5.75 Å². The number of benzene rings is 2. The summed E-state index contributed by atoms with van der Waals surface area (Å²) in [5, 5.41) is 18.2. The highest BCUT2D eigenvalue weighted by atomic mass is 16.5. The molecule has 0 spiro atoms. The van der Waals surface area contributed by atoms with Gasteiger partial charge in [0.25, 0.3) is 5.88 Å². The summed E-state index contributed by atoms with van der Waals surface area (Å²) in [7, 11) is 0. The molecule has 4 aromatic rings. The summed E-state index contributed by atoms with van der Waals surface area (Å²) < 4.78 is 13.1. The van der Waals surface area contributed by atoms with E-state index in [1.807, 2.05) is 71.5 Å². The summed E-state index contributed by atoms with van der Waals surface area (Å²) in [6.07, 6.45) is 4.56. The van der Waals surface area contributed by atoms with E-state index in [0.717, 1.165) is 34.7 Å². The van der Waals surface area contributed by atoms with Crippen LogP contribution in [0.2, 0.25) is 0 Å². The van der Waals surface area contributed by atoms with E-state index >= 15 is 0 Å². The van der Waals surface area contributed by atoms with Gasteiger partial charge >= 0.3 is 0 Å². The summed E-state index contributed by atoms with van der Waals surface area (Å²) in [6, 6.07) is 19.7. The highest BCUT2D eigenvalue weighted by Gasteiger charge is 2.13. The predicted octanol–water partition coefficient (Wildman–Crippen LogP) is 5.58. The van der Waals surface area contributed by atoms with Crippen LogP contribution in [0.15, 0.2) is 70.3 Å². The third kappa shape index (κ3) is 5.51. The minimum atomic E-state index is 0.155. The van der Waals surface area contributed by atoms with Crippen molar-refractivity contribution in [2.75, 3.05) is 12.0 Å². The van der Waals surface area contributed by atoms with Gasteiger partial charge in [0.1, 0.15) is 17.5 Å². The van der Waals surface area contributed by atoms with Gasteiger partial charge in [0.2, 0.25) is 5.69 Å². The molecule has 0 aliphatic rings. The molecule has 8 heteroatoms. The van der Waals surface area contributed by atoms with Crippen LogP contribution in [0.3, 0.4) is 0 Å². The molecule has 0 aliphatic carbocycles. The summed E-state index contributed by atoms with van der Waals surface area (Å²) in [5.41, 5.74) is 6.34. The van der Waals surface area contributed by atoms with Crippen LogP contribution >= 0.6 is 0 Å². The highest BCUT2D eigenvalue weighted by molar-refractivity contribution is 5.89. The van der Waals surface area contributed by atoms with Gasteiger partial charge in [-0.05, 0) is 48.7 Å². The second kappa shape index (κ2) is 10.5. The lowest BCUT2D eigenvalue weighted by molar-refractivity contribution is 0.289. The number of nitrogens with one attached hydrogen (secondary N) is 1. The fourth-order valence-corrected chi connectivity index (χ4v) is 3.28. The lowest BCUT2D eigenvalue weighted by atomic mass is 10.1. The number of aryl methyl sites for hydroxylation is 1. The van der Waals surface area contributed by atoms with Gasteiger partial charge in [-0.2, -0.15) is 15.5 Å². The van der Waals surface area contributed by atoms with Crippen molar-refractivity contribution >= 4 is 12.1 Å². The van der Waals surface area contributed by atoms with Crippen LogP contribution in [0.25, 0.3) is 16.9 Å². The van der Waals surface area contributed by atoms with Crippen molar-refractivity contribution in [2.24, 2.45) is 11.0 Å². The molecule has 8 nitrogen and oxygen atoms in total. The Labute approximate surface area is 198 Å². The zero-order chi connectivity index (χ0) is 23.9. The fourth-order valence-electron chi connectivity index (χ4n) is 3.28. The zero-order valence-corrected chi connectivity index (χ0v) is 19.4. The number of rotatable bonds is 9. The highest BCUT2D eigenvalue weighted by Crippen LogP contribution is 2.25. The molecule has 1 N–H and O–H groups in total. The minimum Gasteiger partial charge on any atom is -0.494 e. The summed E-state index contributed by atoms with van der Waals surface area (Å²) in [4.78, 5) is 4.01. The summed E-state index contributed by atoms with van der Waals surface area (Å²) in [5.74, 6) is 2.02. The molecule has 0 saturated heterocycles. The van der Waals surface area contributed by atoms with E-state index in [1.165, 1.54) is 0 Å². The van der Waals surface area contributed by atoms with Crippen molar-refractivity contribution < 1.29 is 9.15 Å². The molecule has 0 bridgehead atoms. The second-order valence-electron chi connectivity index (χ2n) is 8.16. The molecule has 0 unspecified atom stereocenters. The number of para-hydroxylation sites is 1. The number of hydrazone groups is 1. The van der Waals surface area contributed by atoms with Crippen molar-refractivity contribution in [2.45, 2.75) is 27.2 Å². The average molecular weight is 455 g/mol. The van der Waals surface area contributed by atoms with Gasteiger partial charge in [-0.15, -0.1) is 0 Å². The van der Waals surface area contributed by atoms with Crippen molar-refractivity contribution in [3.05, 3.63) is 77.9 Å². The average Bonchev–Trinajstić information content (AvgIpc) is 3.43. The molecule has 0 aliphatic heterocycles. The third-order valence-electron chi connectivity index (χ3n) is 5.06. The van der Waals surface area contributed by atoms with Crippen molar-refractivity contribution in [3.63, 3.8) is 0 Å². The molecule has 0 fully saturated rings. The Hall–Kier alpha value is -4.38. The van der Waals surface area contributed by atoms with E-state index in [1.54, 1.807) is 13.1 Å². The Morgan fingerprint density at radius 1 is 1.18 bits per heavy atom. The Morgan fingerprint density at radius 3 is 2.65 bits per heavy atom. The predicted molar refractivity (Wildman–Crippen MR) is 131 cm³/mol. The largest absolute Gasteiger partial charge is 0.494 e. The van der Waals surface area contributed by atoms with E-state index in [0.29, 0.717) is 18.4 Å².